The van der Waals surface area contributed by atoms with E-state index in [0.29, 0.717) is 19.3 Å². The predicted molar refractivity (Wildman–Crippen MR) is 361 cm³/mol. The zero-order valence-electron chi connectivity index (χ0n) is 53.1. The Morgan fingerprint density at radius 1 is 0.241 bits per heavy atom. The fourth-order valence-electron chi connectivity index (χ4n) is 8.55. The first-order valence-electron chi connectivity index (χ1n) is 33.3. The molecule has 0 radical (unpaired) electrons. The third kappa shape index (κ3) is 67.2. The molecular formula is C77H120O6. The van der Waals surface area contributed by atoms with Crippen molar-refractivity contribution in [2.75, 3.05) is 13.2 Å². The van der Waals surface area contributed by atoms with E-state index in [0.717, 1.165) is 122 Å². The molecule has 1 atom stereocenters. The minimum Gasteiger partial charge on any atom is -0.462 e. The Bertz CT molecular complexity index is 1940. The molecule has 0 N–H and O–H groups in total. The number of unbranched alkanes of at least 4 members (excludes halogenated alkanes) is 17. The largest absolute Gasteiger partial charge is 0.462 e. The summed E-state index contributed by atoms with van der Waals surface area (Å²) in [4.78, 5) is 38.3. The molecule has 0 amide bonds. The van der Waals surface area contributed by atoms with Crippen molar-refractivity contribution in [1.29, 1.82) is 0 Å². The minimum absolute atomic E-state index is 0.131. The van der Waals surface area contributed by atoms with Crippen molar-refractivity contribution in [2.24, 2.45) is 0 Å². The smallest absolute Gasteiger partial charge is 0.306 e. The Morgan fingerprint density at radius 2 is 0.470 bits per heavy atom. The van der Waals surface area contributed by atoms with Crippen LogP contribution < -0.4 is 0 Å². The third-order valence-electron chi connectivity index (χ3n) is 13.4. The maximum absolute atomic E-state index is 12.9. The molecule has 1 unspecified atom stereocenters. The first-order valence-corrected chi connectivity index (χ1v) is 33.3. The molecule has 464 valence electrons. The number of hydrogen-bond donors (Lipinski definition) is 0. The van der Waals surface area contributed by atoms with Crippen molar-refractivity contribution in [3.63, 3.8) is 0 Å². The lowest BCUT2D eigenvalue weighted by Gasteiger charge is -2.18. The number of ether oxygens (including phenoxy) is 3. The number of esters is 3. The normalized spacial score (nSPS) is 13.3. The highest BCUT2D eigenvalue weighted by molar-refractivity contribution is 5.71. The van der Waals surface area contributed by atoms with Gasteiger partial charge in [-0.15, -0.1) is 0 Å². The van der Waals surface area contributed by atoms with Gasteiger partial charge in [0.15, 0.2) is 6.10 Å². The van der Waals surface area contributed by atoms with Crippen LogP contribution in [0, 0.1) is 0 Å². The van der Waals surface area contributed by atoms with Gasteiger partial charge in [0.2, 0.25) is 0 Å². The summed E-state index contributed by atoms with van der Waals surface area (Å²) in [6.45, 7) is 6.18. The Morgan fingerprint density at radius 3 is 0.783 bits per heavy atom. The second-order valence-corrected chi connectivity index (χ2v) is 21.2. The SMILES string of the molecule is CC/C=C\C/C=C\C/C=C\C/C=C\C/C=C\C/C=C\C/C=C\CCCC(=O)OC(COC(=O)CC/C=C\C/C=C\C/C=C\C/C=C\CC)COC(=O)CCCCCCCCCCCCCCCCCC/C=C\C/C=C\C/C=C\C/C=C\CC. The minimum atomic E-state index is -0.848. The fourth-order valence-corrected chi connectivity index (χ4v) is 8.55. The van der Waals surface area contributed by atoms with E-state index in [1.165, 1.54) is 89.9 Å². The zero-order valence-corrected chi connectivity index (χ0v) is 53.1. The molecule has 6 nitrogen and oxygen atoms in total. The van der Waals surface area contributed by atoms with E-state index in [-0.39, 0.29) is 38.0 Å². The van der Waals surface area contributed by atoms with Gasteiger partial charge in [0, 0.05) is 19.3 Å². The topological polar surface area (TPSA) is 78.9 Å². The maximum atomic E-state index is 12.9. The summed E-state index contributed by atoms with van der Waals surface area (Å²) in [6.07, 6.45) is 104. The summed E-state index contributed by atoms with van der Waals surface area (Å²) in [5.41, 5.74) is 0. The molecule has 0 aromatic rings. The molecule has 0 saturated carbocycles. The van der Waals surface area contributed by atoms with Crippen molar-refractivity contribution in [3.05, 3.63) is 182 Å². The number of allylic oxidation sites excluding steroid dienone is 30. The van der Waals surface area contributed by atoms with Crippen molar-refractivity contribution in [2.45, 2.75) is 271 Å². The molecule has 83 heavy (non-hydrogen) atoms. The van der Waals surface area contributed by atoms with Crippen LogP contribution in [0.3, 0.4) is 0 Å². The van der Waals surface area contributed by atoms with E-state index >= 15 is 0 Å². The number of hydrogen-bond acceptors (Lipinski definition) is 6. The van der Waals surface area contributed by atoms with Crippen LogP contribution >= 0.6 is 0 Å². The monoisotopic (exact) mass is 1140 g/mol. The molecule has 0 saturated heterocycles. The van der Waals surface area contributed by atoms with Crippen LogP contribution in [0.1, 0.15) is 265 Å². The summed E-state index contributed by atoms with van der Waals surface area (Å²) in [5, 5.41) is 0. The first kappa shape index (κ1) is 77.5. The summed E-state index contributed by atoms with van der Waals surface area (Å²) >= 11 is 0. The molecule has 0 aromatic carbocycles. The Hall–Kier alpha value is -5.49. The van der Waals surface area contributed by atoms with Gasteiger partial charge in [0.1, 0.15) is 13.2 Å². The molecule has 0 fully saturated rings. The zero-order chi connectivity index (χ0) is 59.9. The standard InChI is InChI=1S/C77H120O6/c1-4-7-10-13-16-19-22-25-27-29-31-33-35-36-37-38-39-40-42-43-45-47-49-52-55-58-61-64-67-70-76(79)82-73-74(72-81-75(78)69-66-63-60-57-54-51-24-21-18-15-12-9-6-3)83-77(80)71-68-65-62-59-56-53-50-48-46-44-41-34-32-30-28-26-23-20-17-14-11-8-5-2/h7-12,16-21,25-28,31-34,44,46,50-51,53-54,59-60,62-63,74H,4-6,13-15,22-24,29-30,35-43,45,47-49,52,55-58,61,64-73H2,1-3H3/b10-7-,11-8-,12-9-,19-16-,20-17-,21-18-,27-25-,28-26-,33-31-,34-32-,46-44-,53-50-,54-51-,62-59-,63-60-. The van der Waals surface area contributed by atoms with Crippen LogP contribution in [0.2, 0.25) is 0 Å². The van der Waals surface area contributed by atoms with E-state index in [4.69, 9.17) is 14.2 Å². The molecule has 0 spiro atoms. The molecular weight excluding hydrogens is 1020 g/mol. The van der Waals surface area contributed by atoms with Crippen molar-refractivity contribution >= 4 is 17.9 Å². The number of carbonyl (C=O) groups is 3. The molecule has 0 aromatic heterocycles. The second-order valence-electron chi connectivity index (χ2n) is 21.2. The Kier molecular flexibility index (Phi) is 64.4. The van der Waals surface area contributed by atoms with Gasteiger partial charge in [0.05, 0.1) is 0 Å². The predicted octanol–water partition coefficient (Wildman–Crippen LogP) is 23.2. The highest BCUT2D eigenvalue weighted by atomic mass is 16.6. The van der Waals surface area contributed by atoms with Crippen LogP contribution in [0.4, 0.5) is 0 Å². The van der Waals surface area contributed by atoms with Gasteiger partial charge >= 0.3 is 17.9 Å². The molecule has 6 heteroatoms. The van der Waals surface area contributed by atoms with E-state index < -0.39 is 12.1 Å². The summed E-state index contributed by atoms with van der Waals surface area (Å²) in [6, 6.07) is 0. The Balaban J connectivity index is 4.42. The lowest BCUT2D eigenvalue weighted by Crippen LogP contribution is -2.30. The van der Waals surface area contributed by atoms with Gasteiger partial charge in [-0.3, -0.25) is 14.4 Å². The Labute approximate surface area is 510 Å². The quantitative estimate of drug-likeness (QED) is 0.0261. The average molecular weight is 1140 g/mol. The molecule has 0 heterocycles. The molecule has 0 rings (SSSR count). The van der Waals surface area contributed by atoms with Gasteiger partial charge in [-0.1, -0.05) is 293 Å². The lowest BCUT2D eigenvalue weighted by molar-refractivity contribution is -0.166. The molecule has 0 aliphatic rings. The number of carbonyl (C=O) groups excluding carboxylic acids is 3. The van der Waals surface area contributed by atoms with Gasteiger partial charge in [-0.25, -0.2) is 0 Å². The van der Waals surface area contributed by atoms with Gasteiger partial charge in [-0.05, 0) is 135 Å². The van der Waals surface area contributed by atoms with E-state index in [9.17, 15) is 14.4 Å². The molecule has 0 bridgehead atoms. The fraction of sp³-hybridized carbons (Fsp3) is 0.571. The van der Waals surface area contributed by atoms with E-state index in [1.54, 1.807) is 0 Å². The first-order chi connectivity index (χ1) is 41.0. The van der Waals surface area contributed by atoms with Crippen LogP contribution in [0.25, 0.3) is 0 Å². The second kappa shape index (κ2) is 69.0. The third-order valence-corrected chi connectivity index (χ3v) is 13.4. The average Bonchev–Trinajstić information content (AvgIpc) is 3.49. The lowest BCUT2D eigenvalue weighted by atomic mass is 10.0. The van der Waals surface area contributed by atoms with Crippen LogP contribution in [-0.4, -0.2) is 37.2 Å². The molecule has 0 aliphatic carbocycles. The summed E-state index contributed by atoms with van der Waals surface area (Å²) in [5.74, 6) is -1.08. The van der Waals surface area contributed by atoms with E-state index in [2.05, 4.69) is 191 Å². The maximum Gasteiger partial charge on any atom is 0.306 e. The number of rotatable bonds is 58. The van der Waals surface area contributed by atoms with Crippen molar-refractivity contribution < 1.29 is 28.6 Å². The molecule has 0 aliphatic heterocycles. The van der Waals surface area contributed by atoms with Crippen molar-refractivity contribution in [3.8, 4) is 0 Å². The van der Waals surface area contributed by atoms with Crippen LogP contribution in [-0.2, 0) is 28.6 Å². The summed E-state index contributed by atoms with van der Waals surface area (Å²) in [7, 11) is 0. The highest BCUT2D eigenvalue weighted by Crippen LogP contribution is 2.15. The van der Waals surface area contributed by atoms with Crippen molar-refractivity contribution in [1.82, 2.24) is 0 Å². The van der Waals surface area contributed by atoms with Gasteiger partial charge in [-0.2, -0.15) is 0 Å². The highest BCUT2D eigenvalue weighted by Gasteiger charge is 2.19. The van der Waals surface area contributed by atoms with E-state index in [1.807, 2.05) is 12.2 Å². The van der Waals surface area contributed by atoms with Crippen LogP contribution in [0.15, 0.2) is 182 Å². The van der Waals surface area contributed by atoms with Gasteiger partial charge in [0.25, 0.3) is 0 Å². The summed E-state index contributed by atoms with van der Waals surface area (Å²) < 4.78 is 16.8. The van der Waals surface area contributed by atoms with Crippen LogP contribution in [0.5, 0.6) is 0 Å². The van der Waals surface area contributed by atoms with Gasteiger partial charge < -0.3 is 14.2 Å².